The molecule has 1 heterocycles. The molecule has 3 nitrogen and oxygen atoms in total. The molecule has 0 spiro atoms. The molecule has 5 heteroatoms. The Labute approximate surface area is 107 Å². The molecule has 0 aliphatic heterocycles. The van der Waals surface area contributed by atoms with E-state index in [0.717, 1.165) is 10.1 Å². The van der Waals surface area contributed by atoms with Gasteiger partial charge in [0.1, 0.15) is 0 Å². The van der Waals surface area contributed by atoms with E-state index in [2.05, 4.69) is 4.74 Å². The lowest BCUT2D eigenvalue weighted by Crippen LogP contribution is -2.16. The fourth-order valence-corrected chi connectivity index (χ4v) is 2.68. The van der Waals surface area contributed by atoms with Gasteiger partial charge in [-0.05, 0) is 30.5 Å². The van der Waals surface area contributed by atoms with Gasteiger partial charge in [-0.15, -0.1) is 11.3 Å². The maximum absolute atomic E-state index is 11.7. The van der Waals surface area contributed by atoms with Gasteiger partial charge >= 0.3 is 5.97 Å². The lowest BCUT2D eigenvalue weighted by atomic mass is 10.2. The maximum Gasteiger partial charge on any atom is 0.380 e. The van der Waals surface area contributed by atoms with Crippen LogP contribution < -0.4 is 0 Å². The molecule has 1 aromatic heterocycles. The molecule has 1 aromatic carbocycles. The van der Waals surface area contributed by atoms with Gasteiger partial charge in [0.05, 0.1) is 11.5 Å². The number of Topliss-reactive ketones (excluding diaryl/α,β-unsaturated/α-hetero) is 1. The van der Waals surface area contributed by atoms with Crippen molar-refractivity contribution in [2.45, 2.75) is 6.92 Å². The number of halogens is 1. The van der Waals surface area contributed by atoms with Crippen molar-refractivity contribution >= 4 is 44.8 Å². The van der Waals surface area contributed by atoms with Crippen LogP contribution in [0.2, 0.25) is 5.02 Å². The second kappa shape index (κ2) is 4.85. The summed E-state index contributed by atoms with van der Waals surface area (Å²) in [6, 6.07) is 7.00. The van der Waals surface area contributed by atoms with Crippen LogP contribution in [0, 0.1) is 0 Å². The van der Waals surface area contributed by atoms with Crippen molar-refractivity contribution in [1.29, 1.82) is 0 Å². The number of rotatable bonds is 3. The monoisotopic (exact) mass is 268 g/mol. The molecule has 0 amide bonds. The highest BCUT2D eigenvalue weighted by Crippen LogP contribution is 2.28. The van der Waals surface area contributed by atoms with Gasteiger partial charge in [-0.25, -0.2) is 4.79 Å². The van der Waals surface area contributed by atoms with E-state index in [9.17, 15) is 9.59 Å². The van der Waals surface area contributed by atoms with Gasteiger partial charge in [0, 0.05) is 9.72 Å². The minimum atomic E-state index is -0.815. The number of benzene rings is 1. The maximum atomic E-state index is 11.7. The summed E-state index contributed by atoms with van der Waals surface area (Å²) in [7, 11) is 0. The number of hydrogen-bond donors (Lipinski definition) is 0. The molecule has 0 saturated heterocycles. The van der Waals surface area contributed by atoms with Crippen molar-refractivity contribution in [2.24, 2.45) is 0 Å². The highest BCUT2D eigenvalue weighted by molar-refractivity contribution is 7.21. The molecule has 0 unspecified atom stereocenters. The minimum Gasteiger partial charge on any atom is -0.460 e. The number of ketones is 1. The van der Waals surface area contributed by atoms with Crippen LogP contribution in [0.15, 0.2) is 24.3 Å². The summed E-state index contributed by atoms with van der Waals surface area (Å²) in [6.07, 6.45) is 0. The van der Waals surface area contributed by atoms with Crippen LogP contribution in [0.5, 0.6) is 0 Å². The summed E-state index contributed by atoms with van der Waals surface area (Å²) >= 11 is 7.09. The van der Waals surface area contributed by atoms with E-state index in [1.807, 2.05) is 6.07 Å². The Morgan fingerprint density at radius 3 is 2.82 bits per heavy atom. The number of ether oxygens (including phenoxy) is 1. The van der Waals surface area contributed by atoms with Crippen molar-refractivity contribution in [3.05, 3.63) is 34.2 Å². The summed E-state index contributed by atoms with van der Waals surface area (Å²) < 4.78 is 5.55. The van der Waals surface area contributed by atoms with E-state index in [1.54, 1.807) is 25.1 Å². The van der Waals surface area contributed by atoms with Crippen molar-refractivity contribution < 1.29 is 14.3 Å². The number of thiophene rings is 1. The Morgan fingerprint density at radius 1 is 1.35 bits per heavy atom. The zero-order valence-electron chi connectivity index (χ0n) is 9.03. The van der Waals surface area contributed by atoms with Crippen LogP contribution in [0.3, 0.4) is 0 Å². The summed E-state index contributed by atoms with van der Waals surface area (Å²) in [4.78, 5) is 23.4. The second-order valence-corrected chi connectivity index (χ2v) is 4.86. The van der Waals surface area contributed by atoms with Gasteiger partial charge in [0.2, 0.25) is 0 Å². The molecule has 0 N–H and O–H groups in total. The third-order valence-electron chi connectivity index (χ3n) is 2.17. The molecule has 88 valence electrons. The van der Waals surface area contributed by atoms with Crippen LogP contribution in [0.25, 0.3) is 10.1 Å². The first-order chi connectivity index (χ1) is 8.11. The molecular weight excluding hydrogens is 260 g/mol. The molecule has 2 rings (SSSR count). The van der Waals surface area contributed by atoms with E-state index in [-0.39, 0.29) is 6.61 Å². The Kier molecular flexibility index (Phi) is 3.45. The Balaban J connectivity index is 2.36. The van der Waals surface area contributed by atoms with Crippen LogP contribution in [0.4, 0.5) is 0 Å². The van der Waals surface area contributed by atoms with E-state index in [0.29, 0.717) is 9.90 Å². The first-order valence-corrected chi connectivity index (χ1v) is 6.22. The number of hydrogen-bond acceptors (Lipinski definition) is 4. The van der Waals surface area contributed by atoms with Crippen molar-refractivity contribution in [1.82, 2.24) is 0 Å². The Bertz CT molecular complexity index is 588. The van der Waals surface area contributed by atoms with Crippen molar-refractivity contribution in [2.75, 3.05) is 6.61 Å². The average Bonchev–Trinajstić information content (AvgIpc) is 2.71. The quantitative estimate of drug-likeness (QED) is 0.487. The molecular formula is C12H9ClO3S. The Morgan fingerprint density at radius 2 is 2.12 bits per heavy atom. The average molecular weight is 269 g/mol. The van der Waals surface area contributed by atoms with E-state index in [1.165, 1.54) is 11.3 Å². The number of esters is 1. The predicted octanol–water partition coefficient (Wildman–Crippen LogP) is 3.30. The lowest BCUT2D eigenvalue weighted by molar-refractivity contribution is -0.137. The van der Waals surface area contributed by atoms with Crippen molar-refractivity contribution in [3.8, 4) is 0 Å². The second-order valence-electron chi connectivity index (χ2n) is 3.34. The standard InChI is InChI=1S/C12H9ClO3S/c1-2-16-12(15)11(14)10-5-7-3-4-8(13)6-9(7)17-10/h3-6H,2H2,1H3. The van der Waals surface area contributed by atoms with Gasteiger partial charge in [-0.2, -0.15) is 0 Å². The van der Waals surface area contributed by atoms with Crippen LogP contribution >= 0.6 is 22.9 Å². The molecule has 0 bridgehead atoms. The highest BCUT2D eigenvalue weighted by atomic mass is 35.5. The molecule has 0 radical (unpaired) electrons. The number of carbonyl (C=O) groups is 2. The normalized spacial score (nSPS) is 10.5. The van der Waals surface area contributed by atoms with Crippen molar-refractivity contribution in [3.63, 3.8) is 0 Å². The molecule has 0 aliphatic rings. The predicted molar refractivity (Wildman–Crippen MR) is 67.8 cm³/mol. The van der Waals surface area contributed by atoms with Gasteiger partial charge in [0.25, 0.3) is 5.78 Å². The molecule has 0 aliphatic carbocycles. The summed E-state index contributed by atoms with van der Waals surface area (Å²) in [6.45, 7) is 1.86. The largest absolute Gasteiger partial charge is 0.460 e. The lowest BCUT2D eigenvalue weighted by Gasteiger charge is -1.96. The fraction of sp³-hybridized carbons (Fsp3) is 0.167. The third-order valence-corrected chi connectivity index (χ3v) is 3.50. The highest BCUT2D eigenvalue weighted by Gasteiger charge is 2.19. The van der Waals surface area contributed by atoms with E-state index >= 15 is 0 Å². The first kappa shape index (κ1) is 12.1. The van der Waals surface area contributed by atoms with Gasteiger partial charge in [-0.3, -0.25) is 4.79 Å². The summed E-state index contributed by atoms with van der Waals surface area (Å²) in [5.41, 5.74) is 0. The van der Waals surface area contributed by atoms with Gasteiger partial charge in [0.15, 0.2) is 0 Å². The molecule has 2 aromatic rings. The minimum absolute atomic E-state index is 0.196. The van der Waals surface area contributed by atoms with Crippen LogP contribution in [-0.2, 0) is 9.53 Å². The molecule has 0 atom stereocenters. The smallest absolute Gasteiger partial charge is 0.380 e. The summed E-state index contributed by atoms with van der Waals surface area (Å²) in [5.74, 6) is -1.42. The zero-order valence-corrected chi connectivity index (χ0v) is 10.6. The van der Waals surface area contributed by atoms with Crippen LogP contribution in [0.1, 0.15) is 16.6 Å². The number of fused-ring (bicyclic) bond motifs is 1. The molecule has 0 saturated carbocycles. The third kappa shape index (κ3) is 2.48. The van der Waals surface area contributed by atoms with Gasteiger partial charge in [-0.1, -0.05) is 17.7 Å². The van der Waals surface area contributed by atoms with E-state index in [4.69, 9.17) is 11.6 Å². The molecule has 0 fully saturated rings. The van der Waals surface area contributed by atoms with Crippen LogP contribution in [-0.4, -0.2) is 18.4 Å². The first-order valence-electron chi connectivity index (χ1n) is 5.02. The fourth-order valence-electron chi connectivity index (χ4n) is 1.41. The molecule has 17 heavy (non-hydrogen) atoms. The zero-order chi connectivity index (χ0) is 12.4. The van der Waals surface area contributed by atoms with E-state index < -0.39 is 11.8 Å². The topological polar surface area (TPSA) is 43.4 Å². The summed E-state index contributed by atoms with van der Waals surface area (Å²) in [5, 5.41) is 1.50. The SMILES string of the molecule is CCOC(=O)C(=O)c1cc2ccc(Cl)cc2s1. The number of carbonyl (C=O) groups excluding carboxylic acids is 2. The Hall–Kier alpha value is -1.39. The van der Waals surface area contributed by atoms with Gasteiger partial charge < -0.3 is 4.74 Å².